The summed E-state index contributed by atoms with van der Waals surface area (Å²) in [6, 6.07) is 9.54. The lowest BCUT2D eigenvalue weighted by atomic mass is 9.97. The molecule has 0 unspecified atom stereocenters. The van der Waals surface area contributed by atoms with E-state index in [1.54, 1.807) is 6.08 Å². The summed E-state index contributed by atoms with van der Waals surface area (Å²) >= 11 is 0. The summed E-state index contributed by atoms with van der Waals surface area (Å²) in [5.74, 6) is -0.789. The van der Waals surface area contributed by atoms with Gasteiger partial charge in [0.15, 0.2) is 14.1 Å². The van der Waals surface area contributed by atoms with E-state index in [0.29, 0.717) is 0 Å². The topological polar surface area (TPSA) is 47.9 Å². The Balaban J connectivity index is 2.29. The molecule has 5 heteroatoms. The van der Waals surface area contributed by atoms with E-state index in [4.69, 9.17) is 13.9 Å². The highest BCUT2D eigenvalue weighted by Gasteiger charge is 2.50. The number of ether oxygens (including phenoxy) is 2. The zero-order valence-electron chi connectivity index (χ0n) is 17.2. The first-order chi connectivity index (χ1) is 11.9. The second-order valence-electron chi connectivity index (χ2n) is 9.00. The molecule has 1 aliphatic rings. The Morgan fingerprint density at radius 2 is 1.69 bits per heavy atom. The second-order valence-corrected chi connectivity index (χ2v) is 13.8. The van der Waals surface area contributed by atoms with Crippen molar-refractivity contribution in [3.63, 3.8) is 0 Å². The van der Waals surface area contributed by atoms with Crippen LogP contribution >= 0.6 is 0 Å². The minimum Gasteiger partial charge on any atom is -0.408 e. The Bertz CT molecular complexity index is 606. The Kier molecular flexibility index (Phi) is 6.20. The van der Waals surface area contributed by atoms with E-state index >= 15 is 0 Å². The molecule has 0 amide bonds. The van der Waals surface area contributed by atoms with E-state index in [1.807, 2.05) is 44.2 Å². The molecule has 0 spiro atoms. The minimum atomic E-state index is -2.03. The first-order valence-corrected chi connectivity index (χ1v) is 12.2. The zero-order chi connectivity index (χ0) is 19.8. The number of rotatable bonds is 6. The quantitative estimate of drug-likeness (QED) is 0.570. The van der Waals surface area contributed by atoms with E-state index < -0.39 is 32.4 Å². The Hall–Kier alpha value is -0.983. The predicted molar refractivity (Wildman–Crippen MR) is 107 cm³/mol. The zero-order valence-corrected chi connectivity index (χ0v) is 18.2. The fourth-order valence-electron chi connectivity index (χ4n) is 2.92. The van der Waals surface area contributed by atoms with Gasteiger partial charge in [0.25, 0.3) is 0 Å². The van der Waals surface area contributed by atoms with E-state index in [9.17, 15) is 5.11 Å². The van der Waals surface area contributed by atoms with Crippen molar-refractivity contribution < 1.29 is 19.0 Å². The maximum atomic E-state index is 10.9. The summed E-state index contributed by atoms with van der Waals surface area (Å²) in [4.78, 5) is 0. The number of aliphatic hydroxyl groups excluding tert-OH is 1. The molecule has 146 valence electrons. The highest BCUT2D eigenvalue weighted by atomic mass is 28.4. The average molecular weight is 379 g/mol. The molecular weight excluding hydrogens is 344 g/mol. The van der Waals surface area contributed by atoms with Gasteiger partial charge >= 0.3 is 0 Å². The van der Waals surface area contributed by atoms with Crippen molar-refractivity contribution in [1.82, 2.24) is 0 Å². The number of hydrogen-bond acceptors (Lipinski definition) is 4. The van der Waals surface area contributed by atoms with Crippen LogP contribution in [0, 0.1) is 0 Å². The second kappa shape index (κ2) is 7.56. The van der Waals surface area contributed by atoms with Crippen LogP contribution in [0.2, 0.25) is 18.1 Å². The minimum absolute atomic E-state index is 0.0663. The van der Waals surface area contributed by atoms with Gasteiger partial charge in [0.1, 0.15) is 18.3 Å². The predicted octanol–water partition coefficient (Wildman–Crippen LogP) is 4.82. The lowest BCUT2D eigenvalue weighted by Gasteiger charge is -2.40. The standard InChI is InChI=1S/C21H34O4Si/c1-9-16(25-26(7,8)20(2,3)4)18-19(24-21(5,6)23-18)17(22)15-13-11-10-12-14-15/h9-14,16-19,22H,1H2,2-8H3/t16-,17+,18+,19+/m1/s1. The molecule has 1 heterocycles. The molecule has 0 aliphatic carbocycles. The molecule has 26 heavy (non-hydrogen) atoms. The van der Waals surface area contributed by atoms with Crippen LogP contribution in [-0.2, 0) is 13.9 Å². The van der Waals surface area contributed by atoms with Crippen molar-refractivity contribution in [2.24, 2.45) is 0 Å². The molecular formula is C21H34O4Si. The first kappa shape index (κ1) is 21.3. The van der Waals surface area contributed by atoms with E-state index in [1.165, 1.54) is 0 Å². The van der Waals surface area contributed by atoms with Gasteiger partial charge in [-0.1, -0.05) is 57.2 Å². The monoisotopic (exact) mass is 378 g/mol. The largest absolute Gasteiger partial charge is 0.408 e. The SMILES string of the molecule is C=C[C@@H](O[Si](C)(C)C(C)(C)C)[C@@H]1OC(C)(C)O[C@H]1[C@@H](O)c1ccccc1. The van der Waals surface area contributed by atoms with Crippen molar-refractivity contribution in [3.05, 3.63) is 48.6 Å². The van der Waals surface area contributed by atoms with E-state index in [-0.39, 0.29) is 11.1 Å². The van der Waals surface area contributed by atoms with Crippen LogP contribution in [0.4, 0.5) is 0 Å². The number of benzene rings is 1. The smallest absolute Gasteiger partial charge is 0.193 e. The molecule has 0 bridgehead atoms. The summed E-state index contributed by atoms with van der Waals surface area (Å²) in [6.07, 6.45) is -0.317. The number of aliphatic hydroxyl groups is 1. The van der Waals surface area contributed by atoms with Crippen LogP contribution < -0.4 is 0 Å². The molecule has 4 atom stereocenters. The van der Waals surface area contributed by atoms with Gasteiger partial charge in [-0.3, -0.25) is 0 Å². The van der Waals surface area contributed by atoms with Crippen LogP contribution in [0.5, 0.6) is 0 Å². The Morgan fingerprint density at radius 1 is 1.15 bits per heavy atom. The van der Waals surface area contributed by atoms with E-state index in [0.717, 1.165) is 5.56 Å². The third-order valence-corrected chi connectivity index (χ3v) is 9.88. The fourth-order valence-corrected chi connectivity index (χ4v) is 4.19. The lowest BCUT2D eigenvalue weighted by molar-refractivity contribution is -0.158. The first-order valence-electron chi connectivity index (χ1n) is 9.27. The molecule has 1 saturated heterocycles. The lowest BCUT2D eigenvalue weighted by Crippen LogP contribution is -2.49. The Morgan fingerprint density at radius 3 is 2.19 bits per heavy atom. The van der Waals surface area contributed by atoms with Gasteiger partial charge in [0, 0.05) is 0 Å². The average Bonchev–Trinajstić information content (AvgIpc) is 2.87. The van der Waals surface area contributed by atoms with Crippen LogP contribution in [0.25, 0.3) is 0 Å². The summed E-state index contributed by atoms with van der Waals surface area (Å²) < 4.78 is 18.8. The molecule has 2 rings (SSSR count). The van der Waals surface area contributed by atoms with Crippen molar-refractivity contribution in [3.8, 4) is 0 Å². The summed E-state index contributed by atoms with van der Waals surface area (Å²) in [6.45, 7) is 18.7. The maximum absolute atomic E-state index is 10.9. The van der Waals surface area contributed by atoms with Crippen molar-refractivity contribution in [2.45, 2.75) is 83.0 Å². The van der Waals surface area contributed by atoms with Crippen molar-refractivity contribution in [2.75, 3.05) is 0 Å². The van der Waals surface area contributed by atoms with Crippen LogP contribution in [0.3, 0.4) is 0 Å². The highest BCUT2D eigenvalue weighted by Crippen LogP contribution is 2.42. The molecule has 0 radical (unpaired) electrons. The van der Waals surface area contributed by atoms with Gasteiger partial charge in [-0.2, -0.15) is 0 Å². The van der Waals surface area contributed by atoms with Gasteiger partial charge in [-0.25, -0.2) is 0 Å². The summed E-state index contributed by atoms with van der Waals surface area (Å²) in [7, 11) is -2.03. The molecule has 0 aromatic heterocycles. The van der Waals surface area contributed by atoms with Crippen molar-refractivity contribution in [1.29, 1.82) is 0 Å². The summed E-state index contributed by atoms with van der Waals surface area (Å²) in [5.41, 5.74) is 0.805. The normalized spacial score (nSPS) is 25.7. The van der Waals surface area contributed by atoms with Gasteiger partial charge in [0.05, 0.1) is 6.10 Å². The molecule has 1 aromatic carbocycles. The fraction of sp³-hybridized carbons (Fsp3) is 0.619. The van der Waals surface area contributed by atoms with Crippen LogP contribution in [0.15, 0.2) is 43.0 Å². The van der Waals surface area contributed by atoms with Crippen LogP contribution in [-0.4, -0.2) is 37.5 Å². The molecule has 1 N–H and O–H groups in total. The highest BCUT2D eigenvalue weighted by molar-refractivity contribution is 6.74. The molecule has 1 aromatic rings. The Labute approximate surface area is 159 Å². The van der Waals surface area contributed by atoms with Gasteiger partial charge in [0.2, 0.25) is 0 Å². The maximum Gasteiger partial charge on any atom is 0.193 e. The van der Waals surface area contributed by atoms with Gasteiger partial charge in [-0.05, 0) is 37.5 Å². The summed E-state index contributed by atoms with van der Waals surface area (Å²) in [5, 5.41) is 11.0. The van der Waals surface area contributed by atoms with Crippen LogP contribution in [0.1, 0.15) is 46.3 Å². The van der Waals surface area contributed by atoms with Gasteiger partial charge < -0.3 is 19.0 Å². The number of hydrogen-bond donors (Lipinski definition) is 1. The third-order valence-electron chi connectivity index (χ3n) is 5.41. The molecule has 1 fully saturated rings. The molecule has 0 saturated carbocycles. The third kappa shape index (κ3) is 4.64. The van der Waals surface area contributed by atoms with E-state index in [2.05, 4.69) is 40.4 Å². The molecule has 1 aliphatic heterocycles. The molecule has 4 nitrogen and oxygen atoms in total. The van der Waals surface area contributed by atoms with Crippen molar-refractivity contribution >= 4 is 8.32 Å². The van der Waals surface area contributed by atoms with Gasteiger partial charge in [-0.15, -0.1) is 6.58 Å².